The molecule has 0 heterocycles. The van der Waals surface area contributed by atoms with E-state index in [1.165, 1.54) is 0 Å². The van der Waals surface area contributed by atoms with E-state index in [9.17, 15) is 4.79 Å². The fourth-order valence-corrected chi connectivity index (χ4v) is 0.703. The van der Waals surface area contributed by atoms with Gasteiger partial charge in [-0.1, -0.05) is 13.8 Å². The van der Waals surface area contributed by atoms with Crippen LogP contribution in [-0.2, 0) is 9.53 Å². The zero-order valence-electron chi connectivity index (χ0n) is 12.5. The Balaban J connectivity index is 0. The maximum absolute atomic E-state index is 11.3. The average Bonchev–Trinajstić information content (AvgIpc) is 2.11. The molecule has 0 aliphatic heterocycles. The second-order valence-electron chi connectivity index (χ2n) is 5.67. The van der Waals surface area contributed by atoms with Crippen molar-refractivity contribution < 1.29 is 19.4 Å². The van der Waals surface area contributed by atoms with Gasteiger partial charge in [0.2, 0.25) is 0 Å². The van der Waals surface area contributed by atoms with Crippen LogP contribution in [0.3, 0.4) is 0 Å². The van der Waals surface area contributed by atoms with Crippen LogP contribution in [0.5, 0.6) is 0 Å². The van der Waals surface area contributed by atoms with Crippen LogP contribution in [0.15, 0.2) is 0 Å². The summed E-state index contributed by atoms with van der Waals surface area (Å²) >= 11 is 0. The zero-order chi connectivity index (χ0) is 15.9. The van der Waals surface area contributed by atoms with Crippen molar-refractivity contribution in [1.82, 2.24) is 5.32 Å². The fourth-order valence-electron chi connectivity index (χ4n) is 0.703. The van der Waals surface area contributed by atoms with Gasteiger partial charge < -0.3 is 20.9 Å². The number of nitrogens with two attached hydrogens (primary N) is 1. The van der Waals surface area contributed by atoms with E-state index in [1.54, 1.807) is 34.6 Å². The first-order valence-corrected chi connectivity index (χ1v) is 5.79. The standard InChI is InChI=1S/C10H21N3O2.C2H4O2/c1-9(2,3)15-8(14)13-6-10(4,5)7(11)12;1-2(3)4/h6H2,1-5H3,(H3,11,12)(H,13,14);1H3,(H,3,4). The van der Waals surface area contributed by atoms with E-state index in [2.05, 4.69) is 5.32 Å². The molecule has 0 atom stereocenters. The van der Waals surface area contributed by atoms with Crippen molar-refractivity contribution in [2.45, 2.75) is 47.1 Å². The third-order valence-electron chi connectivity index (χ3n) is 1.80. The van der Waals surface area contributed by atoms with Crippen LogP contribution >= 0.6 is 0 Å². The summed E-state index contributed by atoms with van der Waals surface area (Å²) in [5.41, 5.74) is 4.32. The minimum atomic E-state index is -0.833. The van der Waals surface area contributed by atoms with Crippen LogP contribution in [0.2, 0.25) is 0 Å². The molecule has 0 fully saturated rings. The molecule has 0 aromatic rings. The number of rotatable bonds is 3. The summed E-state index contributed by atoms with van der Waals surface area (Å²) in [5.74, 6) is -0.793. The Morgan fingerprint density at radius 3 is 1.89 bits per heavy atom. The molecule has 7 heteroatoms. The number of alkyl carbamates (subject to hydrolysis) is 1. The minimum Gasteiger partial charge on any atom is -0.481 e. The van der Waals surface area contributed by atoms with Crippen LogP contribution in [0.4, 0.5) is 4.79 Å². The van der Waals surface area contributed by atoms with Crippen molar-refractivity contribution in [2.24, 2.45) is 11.1 Å². The van der Waals surface area contributed by atoms with Crippen molar-refractivity contribution in [3.05, 3.63) is 0 Å². The first-order chi connectivity index (χ1) is 8.28. The highest BCUT2D eigenvalue weighted by Gasteiger charge is 2.24. The molecule has 0 saturated carbocycles. The Morgan fingerprint density at radius 1 is 1.26 bits per heavy atom. The highest BCUT2D eigenvalue weighted by atomic mass is 16.6. The molecule has 0 aromatic carbocycles. The predicted octanol–water partition coefficient (Wildman–Crippen LogP) is 1.56. The summed E-state index contributed by atoms with van der Waals surface area (Å²) in [4.78, 5) is 20.3. The number of carbonyl (C=O) groups is 2. The molecule has 0 rings (SSSR count). The molecule has 0 bridgehead atoms. The molecule has 0 saturated heterocycles. The summed E-state index contributed by atoms with van der Waals surface area (Å²) in [6, 6.07) is 0. The van der Waals surface area contributed by atoms with Crippen LogP contribution in [0.1, 0.15) is 41.5 Å². The summed E-state index contributed by atoms with van der Waals surface area (Å²) in [5, 5.41) is 17.3. The molecule has 112 valence electrons. The van der Waals surface area contributed by atoms with Gasteiger partial charge in [-0.3, -0.25) is 10.2 Å². The molecule has 0 radical (unpaired) electrons. The topological polar surface area (TPSA) is 125 Å². The van der Waals surface area contributed by atoms with Crippen LogP contribution in [-0.4, -0.2) is 35.2 Å². The average molecular weight is 275 g/mol. The zero-order valence-corrected chi connectivity index (χ0v) is 12.5. The number of amidine groups is 1. The van der Waals surface area contributed by atoms with Gasteiger partial charge in [-0.05, 0) is 20.8 Å². The number of amides is 1. The largest absolute Gasteiger partial charge is 0.481 e. The van der Waals surface area contributed by atoms with Crippen molar-refractivity contribution >= 4 is 17.9 Å². The third kappa shape index (κ3) is 14.1. The molecular weight excluding hydrogens is 250 g/mol. The Bertz CT molecular complexity index is 328. The molecule has 0 aromatic heterocycles. The molecule has 0 aliphatic carbocycles. The Labute approximate surface area is 114 Å². The molecule has 5 N–H and O–H groups in total. The molecule has 7 nitrogen and oxygen atoms in total. The smallest absolute Gasteiger partial charge is 0.407 e. The second kappa shape index (κ2) is 7.60. The fraction of sp³-hybridized carbons (Fsp3) is 0.750. The maximum atomic E-state index is 11.3. The summed E-state index contributed by atoms with van der Waals surface area (Å²) in [7, 11) is 0. The number of aliphatic carboxylic acids is 1. The summed E-state index contributed by atoms with van der Waals surface area (Å²) < 4.78 is 5.05. The first-order valence-electron chi connectivity index (χ1n) is 5.79. The van der Waals surface area contributed by atoms with E-state index < -0.39 is 23.1 Å². The van der Waals surface area contributed by atoms with Crippen LogP contribution < -0.4 is 11.1 Å². The molecule has 1 amide bonds. The van der Waals surface area contributed by atoms with E-state index in [0.29, 0.717) is 0 Å². The lowest BCUT2D eigenvalue weighted by atomic mass is 9.92. The minimum absolute atomic E-state index is 0.0403. The Morgan fingerprint density at radius 2 is 1.63 bits per heavy atom. The van der Waals surface area contributed by atoms with Gasteiger partial charge in [-0.15, -0.1) is 0 Å². The second-order valence-corrected chi connectivity index (χ2v) is 5.67. The molecule has 0 spiro atoms. The number of carbonyl (C=O) groups excluding carboxylic acids is 1. The number of hydrogen-bond donors (Lipinski definition) is 4. The van der Waals surface area contributed by atoms with E-state index in [4.69, 9.17) is 25.8 Å². The monoisotopic (exact) mass is 275 g/mol. The predicted molar refractivity (Wildman–Crippen MR) is 73.2 cm³/mol. The highest BCUT2D eigenvalue weighted by Crippen LogP contribution is 2.13. The number of ether oxygens (including phenoxy) is 1. The number of nitrogens with one attached hydrogen (secondary N) is 2. The Kier molecular flexibility index (Phi) is 7.82. The number of carboxylic acids is 1. The van der Waals surface area contributed by atoms with Gasteiger partial charge in [0.05, 0.1) is 5.84 Å². The summed E-state index contributed by atoms with van der Waals surface area (Å²) in [6.45, 7) is 10.3. The lowest BCUT2D eigenvalue weighted by Crippen LogP contribution is -2.43. The van der Waals surface area contributed by atoms with E-state index in [1.807, 2.05) is 0 Å². The third-order valence-corrected chi connectivity index (χ3v) is 1.80. The lowest BCUT2D eigenvalue weighted by molar-refractivity contribution is -0.134. The first kappa shape index (κ1) is 19.5. The summed E-state index contributed by atoms with van der Waals surface area (Å²) in [6.07, 6.45) is -0.489. The van der Waals surface area contributed by atoms with Crippen molar-refractivity contribution in [3.63, 3.8) is 0 Å². The van der Waals surface area contributed by atoms with E-state index in [0.717, 1.165) is 6.92 Å². The van der Waals surface area contributed by atoms with Crippen molar-refractivity contribution in [2.75, 3.05) is 6.54 Å². The number of carboxylic acid groups (broad SMARTS) is 1. The Hall–Kier alpha value is -1.79. The quantitative estimate of drug-likeness (QED) is 0.459. The normalized spacial score (nSPS) is 10.8. The van der Waals surface area contributed by atoms with Crippen LogP contribution in [0, 0.1) is 10.8 Å². The van der Waals surface area contributed by atoms with Crippen molar-refractivity contribution in [3.8, 4) is 0 Å². The SMILES string of the molecule is CC(=O)O.CC(C)(C)OC(=O)NCC(C)(C)C(=N)N. The van der Waals surface area contributed by atoms with Gasteiger partial charge in [0.1, 0.15) is 5.60 Å². The van der Waals surface area contributed by atoms with Gasteiger partial charge in [0.15, 0.2) is 0 Å². The molecule has 0 aliphatic rings. The maximum Gasteiger partial charge on any atom is 0.407 e. The van der Waals surface area contributed by atoms with Crippen LogP contribution in [0.25, 0.3) is 0 Å². The molecule has 19 heavy (non-hydrogen) atoms. The van der Waals surface area contributed by atoms with Gasteiger partial charge >= 0.3 is 6.09 Å². The number of hydrogen-bond acceptors (Lipinski definition) is 4. The van der Waals surface area contributed by atoms with Gasteiger partial charge in [0.25, 0.3) is 5.97 Å². The highest BCUT2D eigenvalue weighted by molar-refractivity contribution is 5.83. The molecule has 0 unspecified atom stereocenters. The van der Waals surface area contributed by atoms with Gasteiger partial charge in [0, 0.05) is 18.9 Å². The lowest BCUT2D eigenvalue weighted by Gasteiger charge is -2.25. The van der Waals surface area contributed by atoms with E-state index in [-0.39, 0.29) is 12.4 Å². The van der Waals surface area contributed by atoms with Crippen molar-refractivity contribution in [1.29, 1.82) is 5.41 Å². The molecular formula is C12H25N3O4. The van der Waals surface area contributed by atoms with Gasteiger partial charge in [-0.2, -0.15) is 0 Å². The van der Waals surface area contributed by atoms with Gasteiger partial charge in [-0.25, -0.2) is 4.79 Å². The van der Waals surface area contributed by atoms with E-state index >= 15 is 0 Å².